The van der Waals surface area contributed by atoms with E-state index in [-0.39, 0.29) is 18.1 Å². The van der Waals surface area contributed by atoms with E-state index in [0.717, 1.165) is 32.1 Å². The zero-order chi connectivity index (χ0) is 18.7. The predicted molar refractivity (Wildman–Crippen MR) is 98.7 cm³/mol. The first-order chi connectivity index (χ1) is 12.4. The molecule has 3 rings (SSSR count). The van der Waals surface area contributed by atoms with Gasteiger partial charge < -0.3 is 15.4 Å². The Bertz CT molecular complexity index is 586. The van der Waals surface area contributed by atoms with Crippen LogP contribution in [0.1, 0.15) is 44.9 Å². The minimum atomic E-state index is -3.46. The average Bonchev–Trinajstić information content (AvgIpc) is 3.17. The van der Waals surface area contributed by atoms with Gasteiger partial charge in [0.15, 0.2) is 0 Å². The quantitative estimate of drug-likeness (QED) is 0.723. The van der Waals surface area contributed by atoms with E-state index in [4.69, 9.17) is 10.5 Å². The second-order valence-electron chi connectivity index (χ2n) is 7.60. The topological polar surface area (TPSA) is 96.2 Å². The number of ether oxygens (including phenoxy) is 1. The maximum Gasteiger partial charge on any atom is 0.282 e. The van der Waals surface area contributed by atoms with E-state index in [1.54, 1.807) is 16.3 Å². The summed E-state index contributed by atoms with van der Waals surface area (Å²) < 4.78 is 34.6. The van der Waals surface area contributed by atoms with Crippen LogP contribution >= 0.6 is 0 Å². The zero-order valence-corrected chi connectivity index (χ0v) is 16.5. The summed E-state index contributed by atoms with van der Waals surface area (Å²) in [5, 5.41) is 0. The highest BCUT2D eigenvalue weighted by atomic mass is 32.2. The Morgan fingerprint density at radius 3 is 2.31 bits per heavy atom. The summed E-state index contributed by atoms with van der Waals surface area (Å²) in [6.07, 6.45) is 6.32. The van der Waals surface area contributed by atoms with Crippen LogP contribution in [0.5, 0.6) is 0 Å². The van der Waals surface area contributed by atoms with E-state index in [2.05, 4.69) is 0 Å². The van der Waals surface area contributed by atoms with Crippen LogP contribution in [-0.2, 0) is 19.7 Å². The van der Waals surface area contributed by atoms with Crippen molar-refractivity contribution >= 4 is 16.1 Å². The van der Waals surface area contributed by atoms with Crippen molar-refractivity contribution in [1.29, 1.82) is 0 Å². The Kier molecular flexibility index (Phi) is 6.55. The third-order valence-electron chi connectivity index (χ3n) is 5.98. The van der Waals surface area contributed by atoms with Gasteiger partial charge in [0.1, 0.15) is 6.10 Å². The van der Waals surface area contributed by atoms with E-state index in [9.17, 15) is 13.2 Å². The lowest BCUT2D eigenvalue weighted by atomic mass is 9.96. The van der Waals surface area contributed by atoms with Crippen LogP contribution in [0, 0.1) is 0 Å². The molecule has 0 spiro atoms. The van der Waals surface area contributed by atoms with E-state index < -0.39 is 16.3 Å². The van der Waals surface area contributed by atoms with Gasteiger partial charge in [-0.3, -0.25) is 4.79 Å². The van der Waals surface area contributed by atoms with Crippen molar-refractivity contribution in [3.8, 4) is 0 Å². The minimum Gasteiger partial charge on any atom is -0.364 e. The summed E-state index contributed by atoms with van der Waals surface area (Å²) in [7, 11) is -1.77. The average molecular weight is 389 g/mol. The fraction of sp³-hybridized carbons (Fsp3) is 0.941. The summed E-state index contributed by atoms with van der Waals surface area (Å²) in [5.74, 6) is -0.0290. The van der Waals surface area contributed by atoms with Crippen molar-refractivity contribution in [2.24, 2.45) is 5.73 Å². The molecule has 0 unspecified atom stereocenters. The summed E-state index contributed by atoms with van der Waals surface area (Å²) in [6, 6.07) is 0.105. The molecule has 3 fully saturated rings. The molecule has 8 nitrogen and oxygen atoms in total. The van der Waals surface area contributed by atoms with Gasteiger partial charge in [-0.15, -0.1) is 0 Å². The Morgan fingerprint density at radius 2 is 1.73 bits per heavy atom. The van der Waals surface area contributed by atoms with Crippen LogP contribution in [0.25, 0.3) is 0 Å². The first-order valence-corrected chi connectivity index (χ1v) is 11.2. The monoisotopic (exact) mass is 388 g/mol. The van der Waals surface area contributed by atoms with Gasteiger partial charge in [-0.25, -0.2) is 0 Å². The normalized spacial score (nSPS) is 29.4. The molecule has 0 aromatic heterocycles. The molecule has 2 aliphatic heterocycles. The fourth-order valence-corrected chi connectivity index (χ4v) is 5.80. The molecule has 2 N–H and O–H groups in total. The highest BCUT2D eigenvalue weighted by Crippen LogP contribution is 2.26. The Hall–Kier alpha value is -0.740. The van der Waals surface area contributed by atoms with Gasteiger partial charge in [-0.05, 0) is 25.7 Å². The number of nitrogens with zero attached hydrogens (tertiary/aromatic N) is 3. The summed E-state index contributed by atoms with van der Waals surface area (Å²) in [4.78, 5) is 14.3. The van der Waals surface area contributed by atoms with E-state index in [0.29, 0.717) is 39.1 Å². The smallest absolute Gasteiger partial charge is 0.282 e. The summed E-state index contributed by atoms with van der Waals surface area (Å²) in [5.41, 5.74) is 5.60. The van der Waals surface area contributed by atoms with Gasteiger partial charge in [-0.2, -0.15) is 17.0 Å². The molecule has 1 aliphatic carbocycles. The van der Waals surface area contributed by atoms with Gasteiger partial charge in [-0.1, -0.05) is 19.3 Å². The van der Waals surface area contributed by atoms with Crippen molar-refractivity contribution in [2.75, 3.05) is 39.8 Å². The number of amides is 1. The summed E-state index contributed by atoms with van der Waals surface area (Å²) >= 11 is 0. The molecule has 9 heteroatoms. The molecule has 3 aliphatic rings. The van der Waals surface area contributed by atoms with Crippen molar-refractivity contribution < 1.29 is 17.9 Å². The molecule has 0 aromatic rings. The number of rotatable bonds is 5. The third-order valence-corrected chi connectivity index (χ3v) is 8.02. The lowest BCUT2D eigenvalue weighted by Crippen LogP contribution is -2.56. The van der Waals surface area contributed by atoms with Crippen LogP contribution in [-0.4, -0.2) is 85.9 Å². The number of carbonyl (C=O) groups is 1. The molecule has 2 heterocycles. The maximum absolute atomic E-state index is 12.9. The van der Waals surface area contributed by atoms with Crippen molar-refractivity contribution in [3.63, 3.8) is 0 Å². The van der Waals surface area contributed by atoms with E-state index in [1.165, 1.54) is 10.7 Å². The Labute approximate surface area is 156 Å². The predicted octanol–water partition coefficient (Wildman–Crippen LogP) is 0.146. The number of carbonyl (C=O) groups excluding carboxylic acids is 1. The highest BCUT2D eigenvalue weighted by Gasteiger charge is 2.38. The lowest BCUT2D eigenvalue weighted by molar-refractivity contribution is -0.144. The van der Waals surface area contributed by atoms with Crippen LogP contribution in [0.3, 0.4) is 0 Å². The van der Waals surface area contributed by atoms with Gasteiger partial charge in [0.05, 0.1) is 6.10 Å². The Balaban J connectivity index is 1.53. The zero-order valence-electron chi connectivity index (χ0n) is 15.7. The van der Waals surface area contributed by atoms with Crippen LogP contribution in [0.2, 0.25) is 0 Å². The molecule has 26 heavy (non-hydrogen) atoms. The second-order valence-corrected chi connectivity index (χ2v) is 9.59. The molecule has 2 saturated heterocycles. The number of nitrogens with two attached hydrogens (primary N) is 1. The molecule has 2 atom stereocenters. The lowest BCUT2D eigenvalue weighted by Gasteiger charge is -2.39. The third kappa shape index (κ3) is 4.22. The standard InChI is InChI=1S/C17H32N4O4S/c1-19(14-5-3-2-4-6-14)26(23,24)21-11-9-20(10-12-21)17(22)16-8-7-15(13-18)25-16/h14-16H,2-13,18H2,1H3/t15-,16+/m1/s1. The minimum absolute atomic E-state index is 0.0290. The van der Waals surface area contributed by atoms with Crippen LogP contribution in [0.15, 0.2) is 0 Å². The number of piperazine rings is 1. The maximum atomic E-state index is 12.9. The van der Waals surface area contributed by atoms with Crippen molar-refractivity contribution in [3.05, 3.63) is 0 Å². The number of hydrogen-bond donors (Lipinski definition) is 1. The molecular formula is C17H32N4O4S. The molecule has 150 valence electrons. The summed E-state index contributed by atoms with van der Waals surface area (Å²) in [6.45, 7) is 1.97. The van der Waals surface area contributed by atoms with E-state index >= 15 is 0 Å². The first-order valence-electron chi connectivity index (χ1n) is 9.81. The van der Waals surface area contributed by atoms with Gasteiger partial charge in [0.25, 0.3) is 16.1 Å². The van der Waals surface area contributed by atoms with Gasteiger partial charge in [0.2, 0.25) is 0 Å². The largest absolute Gasteiger partial charge is 0.364 e. The SMILES string of the molecule is CN(C1CCCCC1)S(=O)(=O)N1CCN(C(=O)[C@@H]2CC[C@H](CN)O2)CC1. The molecule has 1 saturated carbocycles. The van der Waals surface area contributed by atoms with Crippen molar-refractivity contribution in [2.45, 2.75) is 63.2 Å². The van der Waals surface area contributed by atoms with Gasteiger partial charge >= 0.3 is 0 Å². The van der Waals surface area contributed by atoms with Crippen LogP contribution < -0.4 is 5.73 Å². The molecular weight excluding hydrogens is 356 g/mol. The first kappa shape index (κ1) is 20.0. The molecule has 0 aromatic carbocycles. The number of hydrogen-bond acceptors (Lipinski definition) is 5. The molecule has 0 bridgehead atoms. The fourth-order valence-electron chi connectivity index (χ4n) is 4.22. The van der Waals surface area contributed by atoms with E-state index in [1.807, 2.05) is 0 Å². The van der Waals surface area contributed by atoms with Crippen LogP contribution in [0.4, 0.5) is 0 Å². The molecule has 1 amide bonds. The molecule has 0 radical (unpaired) electrons. The second kappa shape index (κ2) is 8.52. The van der Waals surface area contributed by atoms with Gasteiger partial charge in [0, 0.05) is 45.8 Å². The Morgan fingerprint density at radius 1 is 1.08 bits per heavy atom. The highest BCUT2D eigenvalue weighted by molar-refractivity contribution is 7.86. The van der Waals surface area contributed by atoms with Crippen molar-refractivity contribution in [1.82, 2.24) is 13.5 Å².